The predicted molar refractivity (Wildman–Crippen MR) is 129 cm³/mol. The summed E-state index contributed by atoms with van der Waals surface area (Å²) in [5.74, 6) is 0.338. The van der Waals surface area contributed by atoms with Gasteiger partial charge in [0.05, 0.1) is 24.4 Å². The van der Waals surface area contributed by atoms with Gasteiger partial charge in [0.15, 0.2) is 0 Å². The lowest BCUT2D eigenvalue weighted by Gasteiger charge is -2.26. The number of fused-ring (bicyclic) bond motifs is 3. The van der Waals surface area contributed by atoms with Crippen LogP contribution in [0.2, 0.25) is 0 Å². The fourth-order valence-corrected chi connectivity index (χ4v) is 5.35. The van der Waals surface area contributed by atoms with Crippen molar-refractivity contribution in [3.05, 3.63) is 113 Å². The van der Waals surface area contributed by atoms with Crippen LogP contribution in [0, 0.1) is 0 Å². The molecule has 0 bridgehead atoms. The lowest BCUT2D eigenvalue weighted by Crippen LogP contribution is -2.31. The highest BCUT2D eigenvalue weighted by molar-refractivity contribution is 7.99. The number of esters is 1. The van der Waals surface area contributed by atoms with Crippen LogP contribution in [-0.2, 0) is 9.53 Å². The third-order valence-electron chi connectivity index (χ3n) is 5.76. The second-order valence-electron chi connectivity index (χ2n) is 7.72. The average molecular weight is 441 g/mol. The van der Waals surface area contributed by atoms with E-state index in [4.69, 9.17) is 9.73 Å². The lowest BCUT2D eigenvalue weighted by molar-refractivity contribution is -0.139. The molecule has 3 aromatic carbocycles. The Balaban J connectivity index is 1.74. The molecule has 2 heterocycles. The van der Waals surface area contributed by atoms with E-state index in [-0.39, 0.29) is 18.1 Å². The molecule has 0 saturated carbocycles. The monoisotopic (exact) mass is 440 g/mol. The largest absolute Gasteiger partial charge is 0.461 e. The summed E-state index contributed by atoms with van der Waals surface area (Å²) in [5, 5.41) is 3.57. The number of benzene rings is 3. The van der Waals surface area contributed by atoms with Gasteiger partial charge in [-0.25, -0.2) is 4.79 Å². The van der Waals surface area contributed by atoms with E-state index in [1.807, 2.05) is 55.5 Å². The number of carbonyl (C=O) groups excluding carboxylic acids is 1. The topological polar surface area (TPSA) is 50.7 Å². The van der Waals surface area contributed by atoms with Crippen LogP contribution in [0.25, 0.3) is 0 Å². The highest BCUT2D eigenvalue weighted by Gasteiger charge is 2.36. The smallest absolute Gasteiger partial charge is 0.354 e. The van der Waals surface area contributed by atoms with Crippen molar-refractivity contribution >= 4 is 23.4 Å². The summed E-state index contributed by atoms with van der Waals surface area (Å²) < 4.78 is 5.48. The van der Waals surface area contributed by atoms with Crippen LogP contribution in [0.5, 0.6) is 0 Å². The van der Waals surface area contributed by atoms with Crippen LogP contribution >= 0.6 is 11.8 Å². The molecule has 160 valence electrons. The minimum Gasteiger partial charge on any atom is -0.461 e. The zero-order chi connectivity index (χ0) is 21.9. The van der Waals surface area contributed by atoms with Gasteiger partial charge >= 0.3 is 5.97 Å². The fourth-order valence-electron chi connectivity index (χ4n) is 4.27. The Morgan fingerprint density at radius 3 is 2.34 bits per heavy atom. The first-order chi connectivity index (χ1) is 15.8. The van der Waals surface area contributed by atoms with Gasteiger partial charge < -0.3 is 10.1 Å². The van der Waals surface area contributed by atoms with Gasteiger partial charge in [-0.3, -0.25) is 4.99 Å². The maximum atomic E-state index is 13.1. The van der Waals surface area contributed by atoms with E-state index in [0.29, 0.717) is 18.1 Å². The molecule has 2 unspecified atom stereocenters. The van der Waals surface area contributed by atoms with Crippen molar-refractivity contribution in [2.24, 2.45) is 4.99 Å². The van der Waals surface area contributed by atoms with Gasteiger partial charge in [0, 0.05) is 21.8 Å². The summed E-state index contributed by atoms with van der Waals surface area (Å²) in [6, 6.07) is 28.4. The van der Waals surface area contributed by atoms with E-state index in [2.05, 4.69) is 41.7 Å². The van der Waals surface area contributed by atoms with Gasteiger partial charge in [-0.1, -0.05) is 78.9 Å². The van der Waals surface area contributed by atoms with Crippen molar-refractivity contribution in [2.45, 2.75) is 23.9 Å². The molecule has 0 fully saturated rings. The first kappa shape index (κ1) is 20.6. The molecule has 4 nitrogen and oxygen atoms in total. The summed E-state index contributed by atoms with van der Waals surface area (Å²) >= 11 is 1.73. The average Bonchev–Trinajstić information content (AvgIpc) is 3.03. The Hall–Kier alpha value is -3.31. The summed E-state index contributed by atoms with van der Waals surface area (Å²) in [5.41, 5.74) is 5.54. The fraction of sp³-hybridized carbons (Fsp3) is 0.185. The van der Waals surface area contributed by atoms with Gasteiger partial charge in [-0.2, -0.15) is 0 Å². The Morgan fingerprint density at radius 2 is 1.62 bits per heavy atom. The van der Waals surface area contributed by atoms with Crippen LogP contribution in [0.3, 0.4) is 0 Å². The molecule has 3 aromatic rings. The van der Waals surface area contributed by atoms with Crippen molar-refractivity contribution in [1.82, 2.24) is 5.32 Å². The molecule has 1 N–H and O–H groups in total. The number of ether oxygens (including phenoxy) is 1. The molecule has 0 aromatic heterocycles. The Labute approximate surface area is 192 Å². The zero-order valence-electron chi connectivity index (χ0n) is 17.8. The van der Waals surface area contributed by atoms with Gasteiger partial charge in [0.1, 0.15) is 5.70 Å². The summed E-state index contributed by atoms with van der Waals surface area (Å²) in [6.45, 7) is 2.16. The molecular formula is C27H24N2O2S. The molecule has 2 aliphatic heterocycles. The number of hydrogen-bond acceptors (Lipinski definition) is 5. The zero-order valence-corrected chi connectivity index (χ0v) is 18.6. The van der Waals surface area contributed by atoms with E-state index < -0.39 is 0 Å². The molecule has 32 heavy (non-hydrogen) atoms. The van der Waals surface area contributed by atoms with Gasteiger partial charge in [0.25, 0.3) is 0 Å². The number of thioether (sulfide) groups is 1. The SMILES string of the molecule is CCOC(=O)C1=C2CSc3ccccc3C2=NC(c2ccccc2)C(c2ccccc2)N1. The molecule has 5 heteroatoms. The molecule has 2 aliphatic rings. The summed E-state index contributed by atoms with van der Waals surface area (Å²) in [6.07, 6.45) is 0. The quantitative estimate of drug-likeness (QED) is 0.546. The number of aliphatic imine (C=N–C) groups is 1. The maximum absolute atomic E-state index is 13.1. The second-order valence-corrected chi connectivity index (χ2v) is 8.74. The number of nitrogens with one attached hydrogen (secondary N) is 1. The maximum Gasteiger partial charge on any atom is 0.354 e. The van der Waals surface area contributed by atoms with E-state index in [1.54, 1.807) is 11.8 Å². The van der Waals surface area contributed by atoms with Crippen molar-refractivity contribution in [3.63, 3.8) is 0 Å². The van der Waals surface area contributed by atoms with Crippen molar-refractivity contribution in [1.29, 1.82) is 0 Å². The first-order valence-corrected chi connectivity index (χ1v) is 11.8. The lowest BCUT2D eigenvalue weighted by atomic mass is 9.93. The Morgan fingerprint density at radius 1 is 0.969 bits per heavy atom. The van der Waals surface area contributed by atoms with E-state index in [0.717, 1.165) is 28.0 Å². The third-order valence-corrected chi connectivity index (χ3v) is 6.86. The minimum atomic E-state index is -0.329. The minimum absolute atomic E-state index is 0.202. The molecular weight excluding hydrogens is 416 g/mol. The number of nitrogens with zero attached hydrogens (tertiary/aromatic N) is 1. The first-order valence-electron chi connectivity index (χ1n) is 10.8. The molecule has 2 atom stereocenters. The van der Waals surface area contributed by atoms with Crippen LogP contribution in [-0.4, -0.2) is 24.0 Å². The normalized spacial score (nSPS) is 19.7. The van der Waals surface area contributed by atoms with Gasteiger partial charge in [0.2, 0.25) is 0 Å². The molecule has 0 saturated heterocycles. The highest BCUT2D eigenvalue weighted by Crippen LogP contribution is 2.41. The molecule has 5 rings (SSSR count). The number of carbonyl (C=O) groups is 1. The molecule has 0 radical (unpaired) electrons. The van der Waals surface area contributed by atoms with E-state index in [1.165, 1.54) is 4.90 Å². The number of hydrogen-bond donors (Lipinski definition) is 1. The molecule has 0 amide bonds. The van der Waals surface area contributed by atoms with Crippen molar-refractivity contribution in [2.75, 3.05) is 12.4 Å². The van der Waals surface area contributed by atoms with Crippen LogP contribution in [0.15, 0.2) is 106 Å². The standard InChI is InChI=1S/C27H24N2O2S/c1-2-31-27(30)26-21-17-32-22-16-10-9-15-20(22)25(21)28-23(18-11-5-3-6-12-18)24(29-26)19-13-7-4-8-14-19/h3-16,23-24,29H,2,17H2,1H3. The van der Waals surface area contributed by atoms with E-state index >= 15 is 0 Å². The summed E-state index contributed by atoms with van der Waals surface area (Å²) in [4.78, 5) is 19.6. The van der Waals surface area contributed by atoms with Crippen molar-refractivity contribution < 1.29 is 9.53 Å². The molecule has 0 aliphatic carbocycles. The Kier molecular flexibility index (Phi) is 5.82. The van der Waals surface area contributed by atoms with Crippen LogP contribution in [0.1, 0.15) is 35.7 Å². The highest BCUT2D eigenvalue weighted by atomic mass is 32.2. The van der Waals surface area contributed by atoms with Gasteiger partial charge in [-0.15, -0.1) is 11.8 Å². The van der Waals surface area contributed by atoms with Crippen LogP contribution in [0.4, 0.5) is 0 Å². The van der Waals surface area contributed by atoms with Crippen molar-refractivity contribution in [3.8, 4) is 0 Å². The number of rotatable bonds is 4. The summed E-state index contributed by atoms with van der Waals surface area (Å²) in [7, 11) is 0. The predicted octanol–water partition coefficient (Wildman–Crippen LogP) is 5.48. The molecule has 0 spiro atoms. The Bertz CT molecular complexity index is 1190. The second kappa shape index (κ2) is 9.05. The van der Waals surface area contributed by atoms with E-state index in [9.17, 15) is 4.79 Å². The third kappa shape index (κ3) is 3.84. The van der Waals surface area contributed by atoms with Crippen LogP contribution < -0.4 is 5.32 Å². The van der Waals surface area contributed by atoms with Gasteiger partial charge in [-0.05, 0) is 24.1 Å².